The summed E-state index contributed by atoms with van der Waals surface area (Å²) in [6.45, 7) is 1.89. The molecule has 2 heterocycles. The Balaban J connectivity index is 2.40. The highest BCUT2D eigenvalue weighted by Crippen LogP contribution is 2.41. The van der Waals surface area contributed by atoms with Crippen LogP contribution in [0.5, 0.6) is 0 Å². The van der Waals surface area contributed by atoms with Gasteiger partial charge in [-0.3, -0.25) is 9.53 Å². The molecule has 25 heavy (non-hydrogen) atoms. The van der Waals surface area contributed by atoms with E-state index in [1.807, 2.05) is 0 Å². The van der Waals surface area contributed by atoms with Crippen molar-refractivity contribution in [3.05, 3.63) is 16.7 Å². The van der Waals surface area contributed by atoms with Gasteiger partial charge >= 0.3 is 11.7 Å². The van der Waals surface area contributed by atoms with Gasteiger partial charge in [0.15, 0.2) is 6.61 Å². The Hall–Kier alpha value is -2.62. The SMILES string of the molecule is CC(C)C(=O)OC[C@@]1(F)O[C@@](C#N)(n2ncc(N)nc2=O)[C@H](O)[C@@H]1O. The molecule has 0 bridgehead atoms. The molecule has 12 heteroatoms. The molecular formula is C13H16FN5O6. The number of anilines is 1. The van der Waals surface area contributed by atoms with Gasteiger partial charge in [-0.2, -0.15) is 20.0 Å². The first-order chi connectivity index (χ1) is 11.6. The number of aliphatic hydroxyl groups is 2. The zero-order chi connectivity index (χ0) is 19.0. The number of aliphatic hydroxyl groups excluding tert-OH is 2. The molecule has 0 aliphatic carbocycles. The number of esters is 1. The molecule has 1 aromatic heterocycles. The minimum Gasteiger partial charge on any atom is -0.459 e. The fourth-order valence-electron chi connectivity index (χ4n) is 2.17. The highest BCUT2D eigenvalue weighted by Gasteiger charge is 2.66. The zero-order valence-corrected chi connectivity index (χ0v) is 13.3. The molecule has 1 aliphatic rings. The van der Waals surface area contributed by atoms with Gasteiger partial charge in [-0.25, -0.2) is 9.18 Å². The fraction of sp³-hybridized carbons (Fsp3) is 0.615. The van der Waals surface area contributed by atoms with Crippen LogP contribution in [0.25, 0.3) is 0 Å². The highest BCUT2D eigenvalue weighted by molar-refractivity contribution is 5.71. The summed E-state index contributed by atoms with van der Waals surface area (Å²) in [5.74, 6) is -4.80. The number of alkyl halides is 1. The second kappa shape index (κ2) is 6.36. The van der Waals surface area contributed by atoms with Gasteiger partial charge in [-0.15, -0.1) is 0 Å². The number of hydrogen-bond acceptors (Lipinski definition) is 10. The summed E-state index contributed by atoms with van der Waals surface area (Å²) in [7, 11) is 0. The number of carbonyl (C=O) groups is 1. The Labute approximate surface area is 140 Å². The highest BCUT2D eigenvalue weighted by atomic mass is 19.2. The van der Waals surface area contributed by atoms with Crippen LogP contribution < -0.4 is 11.4 Å². The summed E-state index contributed by atoms with van der Waals surface area (Å²) in [5, 5.41) is 33.0. The lowest BCUT2D eigenvalue weighted by Gasteiger charge is -2.25. The van der Waals surface area contributed by atoms with Crippen LogP contribution >= 0.6 is 0 Å². The average molecular weight is 357 g/mol. The largest absolute Gasteiger partial charge is 0.459 e. The van der Waals surface area contributed by atoms with Crippen LogP contribution in [0.2, 0.25) is 0 Å². The molecule has 0 amide bonds. The van der Waals surface area contributed by atoms with E-state index < -0.39 is 48.0 Å². The molecule has 1 saturated heterocycles. The summed E-state index contributed by atoms with van der Waals surface area (Å²) in [6.07, 6.45) is -3.66. The van der Waals surface area contributed by atoms with Gasteiger partial charge in [0, 0.05) is 0 Å². The van der Waals surface area contributed by atoms with E-state index >= 15 is 0 Å². The number of halogens is 1. The number of nitrogen functional groups attached to an aromatic ring is 1. The van der Waals surface area contributed by atoms with E-state index in [9.17, 15) is 29.5 Å². The Kier molecular flexibility index (Phi) is 4.76. The first kappa shape index (κ1) is 18.7. The normalized spacial score (nSPS) is 31.7. The summed E-state index contributed by atoms with van der Waals surface area (Å²) in [6, 6.07) is 1.41. The molecule has 1 aliphatic heterocycles. The summed E-state index contributed by atoms with van der Waals surface area (Å²) < 4.78 is 24.7. The molecule has 2 rings (SSSR count). The summed E-state index contributed by atoms with van der Waals surface area (Å²) >= 11 is 0. The van der Waals surface area contributed by atoms with Gasteiger partial charge in [0.1, 0.15) is 24.1 Å². The number of hydrogen-bond donors (Lipinski definition) is 3. The number of rotatable bonds is 4. The van der Waals surface area contributed by atoms with Crippen molar-refractivity contribution in [3.8, 4) is 6.07 Å². The molecule has 0 unspecified atom stereocenters. The van der Waals surface area contributed by atoms with E-state index in [0.717, 1.165) is 6.20 Å². The van der Waals surface area contributed by atoms with E-state index in [4.69, 9.17) is 10.5 Å². The molecule has 0 radical (unpaired) electrons. The first-order valence-corrected chi connectivity index (χ1v) is 7.13. The van der Waals surface area contributed by atoms with Gasteiger partial charge in [-0.1, -0.05) is 13.8 Å². The molecule has 1 aromatic rings. The van der Waals surface area contributed by atoms with Crippen molar-refractivity contribution in [2.24, 2.45) is 5.92 Å². The van der Waals surface area contributed by atoms with Crippen molar-refractivity contribution in [2.45, 2.75) is 37.6 Å². The predicted octanol–water partition coefficient (Wildman–Crippen LogP) is -1.99. The van der Waals surface area contributed by atoms with Gasteiger partial charge < -0.3 is 20.7 Å². The van der Waals surface area contributed by atoms with Crippen molar-refractivity contribution in [1.29, 1.82) is 5.26 Å². The van der Waals surface area contributed by atoms with Gasteiger partial charge in [-0.05, 0) is 0 Å². The number of aromatic nitrogens is 3. The topological polar surface area (TPSA) is 174 Å². The minimum absolute atomic E-state index is 0.253. The molecule has 0 saturated carbocycles. The fourth-order valence-corrected chi connectivity index (χ4v) is 2.17. The Morgan fingerprint density at radius 2 is 2.24 bits per heavy atom. The van der Waals surface area contributed by atoms with E-state index in [2.05, 4.69) is 14.8 Å². The first-order valence-electron chi connectivity index (χ1n) is 7.13. The Morgan fingerprint density at radius 1 is 1.60 bits per heavy atom. The molecule has 11 nitrogen and oxygen atoms in total. The average Bonchev–Trinajstić information content (AvgIpc) is 2.75. The third kappa shape index (κ3) is 3.04. The number of carbonyl (C=O) groups excluding carboxylic acids is 1. The van der Waals surface area contributed by atoms with E-state index in [0.29, 0.717) is 0 Å². The van der Waals surface area contributed by atoms with Crippen LogP contribution in [-0.4, -0.2) is 55.6 Å². The van der Waals surface area contributed by atoms with Crippen LogP contribution in [-0.2, 0) is 20.0 Å². The molecule has 4 atom stereocenters. The number of ether oxygens (including phenoxy) is 2. The zero-order valence-electron chi connectivity index (χ0n) is 13.3. The van der Waals surface area contributed by atoms with Crippen molar-refractivity contribution < 1.29 is 28.9 Å². The lowest BCUT2D eigenvalue weighted by molar-refractivity contribution is -0.237. The van der Waals surface area contributed by atoms with Gasteiger partial charge in [0.25, 0.3) is 11.6 Å². The summed E-state index contributed by atoms with van der Waals surface area (Å²) in [4.78, 5) is 26.7. The second-order valence-corrected chi connectivity index (χ2v) is 5.72. The van der Waals surface area contributed by atoms with Crippen molar-refractivity contribution in [3.63, 3.8) is 0 Å². The molecule has 136 valence electrons. The van der Waals surface area contributed by atoms with Crippen molar-refractivity contribution in [2.75, 3.05) is 12.3 Å². The molecule has 1 fully saturated rings. The van der Waals surface area contributed by atoms with Crippen molar-refractivity contribution in [1.82, 2.24) is 14.8 Å². The number of nitriles is 1. The standard InChI is InChI=1S/C13H16FN5O6/c1-6(2)10(22)24-5-12(14)8(20)9(21)13(4-15,25-12)19-11(23)18-7(16)3-17-19/h3,6,8-9,20-21H,5H2,1-2H3,(H2,16,18,23)/t8-,9+,12+,13+/m0/s1. The maximum absolute atomic E-state index is 14.9. The smallest absolute Gasteiger partial charge is 0.369 e. The van der Waals surface area contributed by atoms with Crippen molar-refractivity contribution >= 4 is 11.8 Å². The van der Waals surface area contributed by atoms with Gasteiger partial charge in [0.2, 0.25) is 0 Å². The maximum atomic E-state index is 14.9. The monoisotopic (exact) mass is 357 g/mol. The van der Waals surface area contributed by atoms with Gasteiger partial charge in [0.05, 0.1) is 12.1 Å². The lowest BCUT2D eigenvalue weighted by atomic mass is 10.0. The Bertz CT molecular complexity index is 779. The molecular weight excluding hydrogens is 341 g/mol. The molecule has 0 aromatic carbocycles. The van der Waals surface area contributed by atoms with Crippen LogP contribution in [0.3, 0.4) is 0 Å². The quantitative estimate of drug-likeness (QED) is 0.512. The lowest BCUT2D eigenvalue weighted by Crippen LogP contribution is -2.51. The van der Waals surface area contributed by atoms with Crippen LogP contribution in [0.4, 0.5) is 10.2 Å². The third-order valence-electron chi connectivity index (χ3n) is 3.54. The minimum atomic E-state index is -3.15. The molecule has 4 N–H and O–H groups in total. The van der Waals surface area contributed by atoms with Crippen LogP contribution in [0.15, 0.2) is 11.0 Å². The maximum Gasteiger partial charge on any atom is 0.369 e. The van der Waals surface area contributed by atoms with E-state index in [-0.39, 0.29) is 10.5 Å². The Morgan fingerprint density at radius 3 is 2.76 bits per heavy atom. The second-order valence-electron chi connectivity index (χ2n) is 5.72. The van der Waals surface area contributed by atoms with E-state index in [1.165, 1.54) is 19.9 Å². The predicted molar refractivity (Wildman–Crippen MR) is 77.0 cm³/mol. The summed E-state index contributed by atoms with van der Waals surface area (Å²) in [5.41, 5.74) is 1.34. The van der Waals surface area contributed by atoms with Crippen LogP contribution in [0, 0.1) is 17.2 Å². The molecule has 0 spiro atoms. The number of nitrogens with two attached hydrogens (primary N) is 1. The third-order valence-corrected chi connectivity index (χ3v) is 3.54. The van der Waals surface area contributed by atoms with Crippen LogP contribution in [0.1, 0.15) is 13.8 Å². The van der Waals surface area contributed by atoms with E-state index in [1.54, 1.807) is 0 Å². The number of nitrogens with zero attached hydrogens (tertiary/aromatic N) is 4.